The van der Waals surface area contributed by atoms with Gasteiger partial charge in [-0.15, -0.1) is 0 Å². The fourth-order valence-electron chi connectivity index (χ4n) is 3.05. The minimum atomic E-state index is 0.669. The van der Waals surface area contributed by atoms with Crippen LogP contribution in [0.4, 0.5) is 0 Å². The predicted molar refractivity (Wildman–Crippen MR) is 120 cm³/mol. The zero-order valence-electron chi connectivity index (χ0n) is 18.0. The van der Waals surface area contributed by atoms with E-state index in [2.05, 4.69) is 25.3 Å². The van der Waals surface area contributed by atoms with Crippen LogP contribution >= 0.6 is 0 Å². The molecule has 0 aliphatic rings. The van der Waals surface area contributed by atoms with Gasteiger partial charge in [-0.1, -0.05) is 0 Å². The van der Waals surface area contributed by atoms with Crippen molar-refractivity contribution in [3.05, 3.63) is 0 Å². The van der Waals surface area contributed by atoms with Gasteiger partial charge in [0.1, 0.15) is 0 Å². The lowest BCUT2D eigenvalue weighted by Gasteiger charge is -2.30. The van der Waals surface area contributed by atoms with Gasteiger partial charge in [0, 0.05) is 118 Å². The zero-order valence-corrected chi connectivity index (χ0v) is 18.0. The molecule has 0 spiro atoms. The lowest BCUT2D eigenvalue weighted by atomic mass is 10.3. The Labute approximate surface area is 172 Å². The van der Waals surface area contributed by atoms with Crippen LogP contribution in [0.1, 0.15) is 0 Å². The summed E-state index contributed by atoms with van der Waals surface area (Å²) in [7, 11) is 0. The standard InChI is InChI=1S/C18H48N10/c19-1-6-24-8-13-26(10-3-21)15-17-28(12-5-23)18-16-27(11-4-22)14-9-25-7-2-20/h24-25H,1-23H2. The first-order valence-corrected chi connectivity index (χ1v) is 10.8. The molecule has 0 fully saturated rings. The van der Waals surface area contributed by atoms with E-state index < -0.39 is 0 Å². The molecule has 0 aromatic rings. The molecular weight excluding hydrogens is 356 g/mol. The summed E-state index contributed by atoms with van der Waals surface area (Å²) in [5.74, 6) is 0. The SMILES string of the molecule is NCCNCCN(CCN)CCN(CCN)CCN(CCN)CCNCCN. The maximum atomic E-state index is 5.83. The summed E-state index contributed by atoms with van der Waals surface area (Å²) in [6.07, 6.45) is 0. The van der Waals surface area contributed by atoms with E-state index in [1.807, 2.05) is 0 Å². The van der Waals surface area contributed by atoms with Gasteiger partial charge in [-0.05, 0) is 0 Å². The summed E-state index contributed by atoms with van der Waals surface area (Å²) in [5, 5.41) is 6.69. The van der Waals surface area contributed by atoms with Crippen molar-refractivity contribution in [2.45, 2.75) is 0 Å². The Hall–Kier alpha value is -0.400. The van der Waals surface area contributed by atoms with E-state index in [9.17, 15) is 0 Å². The highest BCUT2D eigenvalue weighted by Gasteiger charge is 2.11. The van der Waals surface area contributed by atoms with Crippen LogP contribution in [0.25, 0.3) is 0 Å². The summed E-state index contributed by atoms with van der Waals surface area (Å²) < 4.78 is 0. The van der Waals surface area contributed by atoms with E-state index in [0.717, 1.165) is 85.1 Å². The van der Waals surface area contributed by atoms with Crippen LogP contribution in [-0.4, -0.2) is 133 Å². The number of nitrogens with two attached hydrogens (primary N) is 5. The quantitative estimate of drug-likeness (QED) is 0.0881. The first kappa shape index (κ1) is 27.6. The van der Waals surface area contributed by atoms with Crippen molar-refractivity contribution < 1.29 is 0 Å². The molecule has 0 aromatic carbocycles. The number of hydrogen-bond donors (Lipinski definition) is 7. The molecule has 0 aromatic heterocycles. The normalized spacial score (nSPS) is 12.0. The summed E-state index contributed by atoms with van der Waals surface area (Å²) in [6.45, 7) is 15.6. The van der Waals surface area contributed by atoms with E-state index in [1.54, 1.807) is 0 Å². The molecular formula is C18H48N10. The molecule has 0 bridgehead atoms. The third-order valence-electron chi connectivity index (χ3n) is 4.65. The van der Waals surface area contributed by atoms with E-state index in [-0.39, 0.29) is 0 Å². The monoisotopic (exact) mass is 404 g/mol. The summed E-state index contributed by atoms with van der Waals surface area (Å²) >= 11 is 0. The van der Waals surface area contributed by atoms with Gasteiger partial charge in [0.2, 0.25) is 0 Å². The van der Waals surface area contributed by atoms with Crippen LogP contribution < -0.4 is 39.3 Å². The van der Waals surface area contributed by atoms with Gasteiger partial charge >= 0.3 is 0 Å². The second-order valence-corrected chi connectivity index (χ2v) is 6.97. The molecule has 170 valence electrons. The summed E-state index contributed by atoms with van der Waals surface area (Å²) in [5.41, 5.74) is 28.4. The molecule has 0 aliphatic carbocycles. The molecule has 28 heavy (non-hydrogen) atoms. The second-order valence-electron chi connectivity index (χ2n) is 6.97. The van der Waals surface area contributed by atoms with Gasteiger partial charge < -0.3 is 39.3 Å². The van der Waals surface area contributed by atoms with Crippen LogP contribution in [0.3, 0.4) is 0 Å². The maximum absolute atomic E-state index is 5.83. The molecule has 0 heterocycles. The topological polar surface area (TPSA) is 164 Å². The molecule has 0 unspecified atom stereocenters. The van der Waals surface area contributed by atoms with Gasteiger partial charge in [0.05, 0.1) is 0 Å². The molecule has 12 N–H and O–H groups in total. The van der Waals surface area contributed by atoms with Crippen LogP contribution in [0.5, 0.6) is 0 Å². The van der Waals surface area contributed by atoms with Crippen molar-refractivity contribution in [1.29, 1.82) is 0 Å². The van der Waals surface area contributed by atoms with Crippen LogP contribution in [0.2, 0.25) is 0 Å². The third kappa shape index (κ3) is 16.5. The Morgan fingerprint density at radius 1 is 0.357 bits per heavy atom. The molecule has 0 rings (SSSR count). The fourth-order valence-corrected chi connectivity index (χ4v) is 3.05. The van der Waals surface area contributed by atoms with Gasteiger partial charge in [-0.25, -0.2) is 0 Å². The van der Waals surface area contributed by atoms with E-state index in [0.29, 0.717) is 32.7 Å². The number of nitrogens with one attached hydrogen (secondary N) is 2. The minimum absolute atomic E-state index is 0.669. The highest BCUT2D eigenvalue weighted by molar-refractivity contribution is 4.69. The maximum Gasteiger partial charge on any atom is 0.0110 e. The first-order chi connectivity index (χ1) is 13.7. The second kappa shape index (κ2) is 21.3. The van der Waals surface area contributed by atoms with E-state index >= 15 is 0 Å². The van der Waals surface area contributed by atoms with E-state index in [4.69, 9.17) is 28.7 Å². The average molecular weight is 405 g/mol. The highest BCUT2D eigenvalue weighted by atomic mass is 15.2. The van der Waals surface area contributed by atoms with Crippen molar-refractivity contribution in [2.24, 2.45) is 28.7 Å². The summed E-state index contributed by atoms with van der Waals surface area (Å²) in [4.78, 5) is 7.25. The summed E-state index contributed by atoms with van der Waals surface area (Å²) in [6, 6.07) is 0. The fraction of sp³-hybridized carbons (Fsp3) is 1.00. The van der Waals surface area contributed by atoms with Crippen LogP contribution in [0, 0.1) is 0 Å². The van der Waals surface area contributed by atoms with Crippen molar-refractivity contribution in [1.82, 2.24) is 25.3 Å². The molecule has 0 saturated carbocycles. The van der Waals surface area contributed by atoms with Gasteiger partial charge in [0.25, 0.3) is 0 Å². The molecule has 0 radical (unpaired) electrons. The van der Waals surface area contributed by atoms with Gasteiger partial charge in [-0.2, -0.15) is 0 Å². The number of rotatable bonds is 22. The van der Waals surface area contributed by atoms with E-state index in [1.165, 1.54) is 0 Å². The minimum Gasteiger partial charge on any atom is -0.329 e. The Kier molecular flexibility index (Phi) is 21.0. The molecule has 0 atom stereocenters. The zero-order chi connectivity index (χ0) is 20.9. The lowest BCUT2D eigenvalue weighted by Crippen LogP contribution is -2.45. The van der Waals surface area contributed by atoms with Crippen molar-refractivity contribution >= 4 is 0 Å². The van der Waals surface area contributed by atoms with Gasteiger partial charge in [-0.3, -0.25) is 14.7 Å². The molecule has 0 saturated heterocycles. The predicted octanol–water partition coefficient (Wildman–Crippen LogP) is -4.13. The lowest BCUT2D eigenvalue weighted by molar-refractivity contribution is 0.181. The molecule has 0 amide bonds. The van der Waals surface area contributed by atoms with Crippen molar-refractivity contribution in [3.63, 3.8) is 0 Å². The highest BCUT2D eigenvalue weighted by Crippen LogP contribution is 1.95. The van der Waals surface area contributed by atoms with Crippen molar-refractivity contribution in [3.8, 4) is 0 Å². The van der Waals surface area contributed by atoms with Crippen molar-refractivity contribution in [2.75, 3.05) is 118 Å². The Morgan fingerprint density at radius 2 is 0.679 bits per heavy atom. The molecule has 10 nitrogen and oxygen atoms in total. The smallest absolute Gasteiger partial charge is 0.0110 e. The Morgan fingerprint density at radius 3 is 0.964 bits per heavy atom. The number of nitrogens with zero attached hydrogens (tertiary/aromatic N) is 3. The molecule has 10 heteroatoms. The average Bonchev–Trinajstić information content (AvgIpc) is 2.70. The largest absolute Gasteiger partial charge is 0.329 e. The van der Waals surface area contributed by atoms with Crippen LogP contribution in [-0.2, 0) is 0 Å². The Balaban J connectivity index is 4.31. The third-order valence-corrected chi connectivity index (χ3v) is 4.65. The van der Waals surface area contributed by atoms with Crippen LogP contribution in [0.15, 0.2) is 0 Å². The Bertz CT molecular complexity index is 282. The number of hydrogen-bond acceptors (Lipinski definition) is 10. The molecule has 0 aliphatic heterocycles. The first-order valence-electron chi connectivity index (χ1n) is 10.8. The van der Waals surface area contributed by atoms with Gasteiger partial charge in [0.15, 0.2) is 0 Å².